The van der Waals surface area contributed by atoms with Gasteiger partial charge >= 0.3 is 0 Å². The molecule has 1 aromatic heterocycles. The fraction of sp³-hybridized carbons (Fsp3) is 0.250. The van der Waals surface area contributed by atoms with E-state index in [9.17, 15) is 9.59 Å². The molecule has 0 saturated carbocycles. The second kappa shape index (κ2) is 4.75. The summed E-state index contributed by atoms with van der Waals surface area (Å²) in [5.74, 6) is -1.09. The summed E-state index contributed by atoms with van der Waals surface area (Å²) in [6, 6.07) is 0.639. The highest BCUT2D eigenvalue weighted by molar-refractivity contribution is 6.28. The fourth-order valence-corrected chi connectivity index (χ4v) is 1.09. The normalized spacial score (nSPS) is 11.9. The predicted molar refractivity (Wildman–Crippen MR) is 57.8 cm³/mol. The van der Waals surface area contributed by atoms with Gasteiger partial charge in [-0.1, -0.05) is 0 Å². The van der Waals surface area contributed by atoms with E-state index >= 15 is 0 Å². The smallest absolute Gasteiger partial charge is 0.267 e. The van der Waals surface area contributed by atoms with Gasteiger partial charge in [0.25, 0.3) is 5.91 Å². The van der Waals surface area contributed by atoms with E-state index in [1.54, 1.807) is 6.92 Å². The molecule has 7 nitrogen and oxygen atoms in total. The van der Waals surface area contributed by atoms with Gasteiger partial charge in [-0.05, 0) is 18.5 Å². The molecule has 0 saturated heterocycles. The van der Waals surface area contributed by atoms with Gasteiger partial charge in [-0.15, -0.1) is 0 Å². The van der Waals surface area contributed by atoms with Crippen molar-refractivity contribution in [3.63, 3.8) is 0 Å². The van der Waals surface area contributed by atoms with E-state index in [0.717, 1.165) is 0 Å². The number of anilines is 1. The molecule has 0 bridgehead atoms. The number of carbonyl (C=O) groups excluding carboxylic acids is 2. The Morgan fingerprint density at radius 2 is 2.06 bits per heavy atom. The molecule has 0 aromatic carbocycles. The lowest BCUT2D eigenvalue weighted by Crippen LogP contribution is -2.33. The fourth-order valence-electron chi connectivity index (χ4n) is 0.911. The van der Waals surface area contributed by atoms with Crippen LogP contribution in [0.5, 0.6) is 0 Å². The van der Waals surface area contributed by atoms with Crippen LogP contribution in [0.4, 0.5) is 5.82 Å². The topological polar surface area (TPSA) is 124 Å². The molecule has 0 fully saturated rings. The van der Waals surface area contributed by atoms with Crippen molar-refractivity contribution in [1.29, 1.82) is 0 Å². The van der Waals surface area contributed by atoms with Crippen molar-refractivity contribution < 1.29 is 9.59 Å². The average molecular weight is 244 g/mol. The van der Waals surface area contributed by atoms with Crippen LogP contribution in [-0.4, -0.2) is 27.8 Å². The van der Waals surface area contributed by atoms with Gasteiger partial charge in [0.05, 0.1) is 0 Å². The van der Waals surface area contributed by atoms with E-state index in [4.69, 9.17) is 23.1 Å². The summed E-state index contributed by atoms with van der Waals surface area (Å²) >= 11 is 5.57. The first-order chi connectivity index (χ1) is 7.40. The summed E-state index contributed by atoms with van der Waals surface area (Å²) in [6.45, 7) is 1.54. The summed E-state index contributed by atoms with van der Waals surface area (Å²) < 4.78 is 0. The number of nitrogens with two attached hydrogens (primary N) is 2. The third-order valence-electron chi connectivity index (χ3n) is 1.74. The summed E-state index contributed by atoms with van der Waals surface area (Å²) in [6.07, 6.45) is 0. The van der Waals surface area contributed by atoms with Crippen LogP contribution in [0.3, 0.4) is 0 Å². The second-order valence-electron chi connectivity index (χ2n) is 3.04. The molecule has 8 heteroatoms. The number of halogens is 1. The lowest BCUT2D eigenvalue weighted by Gasteiger charge is -2.10. The molecule has 1 rings (SSSR count). The van der Waals surface area contributed by atoms with Crippen LogP contribution in [0.1, 0.15) is 17.4 Å². The molecular formula is C8H10ClN5O2. The molecule has 1 heterocycles. The number of hydrogen-bond donors (Lipinski definition) is 3. The SMILES string of the molecule is CC(Nc1cc(C(N)=O)nc(Cl)n1)C(N)=O. The molecule has 0 aliphatic rings. The first kappa shape index (κ1) is 12.2. The van der Waals surface area contributed by atoms with Crippen molar-refractivity contribution in [3.8, 4) is 0 Å². The van der Waals surface area contributed by atoms with Gasteiger partial charge in [0, 0.05) is 6.07 Å². The van der Waals surface area contributed by atoms with Crippen molar-refractivity contribution in [2.45, 2.75) is 13.0 Å². The molecule has 2 amide bonds. The number of primary amides is 2. The minimum absolute atomic E-state index is 0.0424. The van der Waals surface area contributed by atoms with E-state index in [1.807, 2.05) is 0 Å². The first-order valence-corrected chi connectivity index (χ1v) is 4.68. The zero-order valence-electron chi connectivity index (χ0n) is 8.40. The Labute approximate surface area is 96.2 Å². The van der Waals surface area contributed by atoms with Crippen LogP contribution in [0.25, 0.3) is 0 Å². The Hall–Kier alpha value is -1.89. The molecule has 1 atom stereocenters. The number of aromatic nitrogens is 2. The van der Waals surface area contributed by atoms with Gasteiger partial charge in [0.2, 0.25) is 11.2 Å². The zero-order valence-corrected chi connectivity index (χ0v) is 9.15. The zero-order chi connectivity index (χ0) is 12.3. The highest BCUT2D eigenvalue weighted by Gasteiger charge is 2.12. The predicted octanol–water partition coefficient (Wildman–Crippen LogP) is -0.485. The third-order valence-corrected chi connectivity index (χ3v) is 1.91. The molecular weight excluding hydrogens is 234 g/mol. The minimum atomic E-state index is -0.737. The van der Waals surface area contributed by atoms with Crippen molar-refractivity contribution in [2.75, 3.05) is 5.32 Å². The summed E-state index contributed by atoms with van der Waals surface area (Å²) in [5, 5.41) is 2.52. The number of nitrogens with one attached hydrogen (secondary N) is 1. The maximum Gasteiger partial charge on any atom is 0.267 e. The highest BCUT2D eigenvalue weighted by atomic mass is 35.5. The monoisotopic (exact) mass is 243 g/mol. The molecule has 0 aliphatic carbocycles. The maximum atomic E-state index is 10.9. The molecule has 16 heavy (non-hydrogen) atoms. The largest absolute Gasteiger partial charge is 0.368 e. The van der Waals surface area contributed by atoms with Crippen molar-refractivity contribution >= 4 is 29.2 Å². The number of nitrogens with zero attached hydrogens (tertiary/aromatic N) is 2. The standard InChI is InChI=1S/C8H10ClN5O2/c1-3(6(10)15)12-5-2-4(7(11)16)13-8(9)14-5/h2-3H,1H3,(H2,10,15)(H2,11,16)(H,12,13,14). The maximum absolute atomic E-state index is 10.9. The van der Waals surface area contributed by atoms with Crippen LogP contribution in [0, 0.1) is 0 Å². The van der Waals surface area contributed by atoms with E-state index < -0.39 is 17.9 Å². The summed E-state index contributed by atoms with van der Waals surface area (Å²) in [7, 11) is 0. The van der Waals surface area contributed by atoms with E-state index in [-0.39, 0.29) is 16.8 Å². The Kier molecular flexibility index (Phi) is 3.62. The first-order valence-electron chi connectivity index (χ1n) is 4.30. The Morgan fingerprint density at radius 1 is 1.44 bits per heavy atom. The van der Waals surface area contributed by atoms with Crippen LogP contribution < -0.4 is 16.8 Å². The Bertz CT molecular complexity index is 436. The van der Waals surface area contributed by atoms with Crippen molar-refractivity contribution in [3.05, 3.63) is 17.0 Å². The van der Waals surface area contributed by atoms with E-state index in [1.165, 1.54) is 6.07 Å². The van der Waals surface area contributed by atoms with Crippen LogP contribution in [-0.2, 0) is 4.79 Å². The number of hydrogen-bond acceptors (Lipinski definition) is 5. The molecule has 1 aromatic rings. The van der Waals surface area contributed by atoms with Crippen LogP contribution >= 0.6 is 11.6 Å². The summed E-state index contributed by atoms with van der Waals surface area (Å²) in [5.41, 5.74) is 10.0. The quantitative estimate of drug-likeness (QED) is 0.616. The van der Waals surface area contributed by atoms with Gasteiger partial charge in [0.15, 0.2) is 0 Å². The van der Waals surface area contributed by atoms with Crippen LogP contribution in [0.15, 0.2) is 6.07 Å². The van der Waals surface area contributed by atoms with Gasteiger partial charge in [-0.2, -0.15) is 0 Å². The number of carbonyl (C=O) groups is 2. The lowest BCUT2D eigenvalue weighted by atomic mass is 10.3. The van der Waals surface area contributed by atoms with Gasteiger partial charge in [-0.3, -0.25) is 9.59 Å². The molecule has 0 radical (unpaired) electrons. The summed E-state index contributed by atoms with van der Waals surface area (Å²) in [4.78, 5) is 29.1. The van der Waals surface area contributed by atoms with Gasteiger partial charge in [-0.25, -0.2) is 9.97 Å². The molecule has 1 unspecified atom stereocenters. The van der Waals surface area contributed by atoms with Crippen molar-refractivity contribution in [2.24, 2.45) is 11.5 Å². The minimum Gasteiger partial charge on any atom is -0.368 e. The molecule has 5 N–H and O–H groups in total. The molecule has 0 aliphatic heterocycles. The Balaban J connectivity index is 2.97. The number of rotatable bonds is 4. The van der Waals surface area contributed by atoms with Crippen LogP contribution in [0.2, 0.25) is 5.28 Å². The molecule has 86 valence electrons. The highest BCUT2D eigenvalue weighted by Crippen LogP contribution is 2.11. The second-order valence-corrected chi connectivity index (χ2v) is 3.38. The van der Waals surface area contributed by atoms with E-state index in [2.05, 4.69) is 15.3 Å². The lowest BCUT2D eigenvalue weighted by molar-refractivity contribution is -0.118. The third kappa shape index (κ3) is 3.06. The number of amides is 2. The van der Waals surface area contributed by atoms with E-state index in [0.29, 0.717) is 0 Å². The van der Waals surface area contributed by atoms with Crippen molar-refractivity contribution in [1.82, 2.24) is 9.97 Å². The molecule has 0 spiro atoms. The van der Waals surface area contributed by atoms with Gasteiger partial charge < -0.3 is 16.8 Å². The Morgan fingerprint density at radius 3 is 2.56 bits per heavy atom. The van der Waals surface area contributed by atoms with Gasteiger partial charge in [0.1, 0.15) is 17.6 Å². The average Bonchev–Trinajstić information content (AvgIpc) is 2.16.